The zero-order chi connectivity index (χ0) is 9.56. The Bertz CT molecular complexity index is 206. The van der Waals surface area contributed by atoms with Gasteiger partial charge in [-0.25, -0.2) is 9.59 Å². The molecule has 0 aromatic heterocycles. The maximum atomic E-state index is 10.6. The smallest absolute Gasteiger partial charge is 0.296 e. The number of hydrogen-bond acceptors (Lipinski definition) is 6. The molecule has 6 heteroatoms. The summed E-state index contributed by atoms with van der Waals surface area (Å²) in [5.74, 6) is -2.15. The normalized spacial score (nSPS) is 10.8. The van der Waals surface area contributed by atoms with E-state index in [0.717, 1.165) is 6.08 Å². The van der Waals surface area contributed by atoms with Crippen molar-refractivity contribution in [3.63, 3.8) is 0 Å². The third-order valence-electron chi connectivity index (χ3n) is 1.11. The average Bonchev–Trinajstić information content (AvgIpc) is 2.12. The van der Waals surface area contributed by atoms with Crippen LogP contribution in [0.1, 0.15) is 13.3 Å². The van der Waals surface area contributed by atoms with Gasteiger partial charge in [-0.15, -0.1) is 0 Å². The first-order valence-electron chi connectivity index (χ1n) is 3.07. The highest BCUT2D eigenvalue weighted by Crippen LogP contribution is 2.02. The lowest BCUT2D eigenvalue weighted by molar-refractivity contribution is -0.231. The SMILES string of the molecule is CC/C(=C/C(=O)OO)C(=O)OO. The number of rotatable bonds is 3. The number of carbonyl (C=O) groups is 2. The van der Waals surface area contributed by atoms with Gasteiger partial charge in [0, 0.05) is 11.6 Å². The molecular formula is C6H8O6. The van der Waals surface area contributed by atoms with Crippen molar-refractivity contribution in [2.45, 2.75) is 13.3 Å². The molecule has 0 aliphatic heterocycles. The molecule has 0 heterocycles. The van der Waals surface area contributed by atoms with Crippen molar-refractivity contribution in [2.24, 2.45) is 0 Å². The van der Waals surface area contributed by atoms with Crippen molar-refractivity contribution in [1.29, 1.82) is 0 Å². The lowest BCUT2D eigenvalue weighted by atomic mass is 10.2. The van der Waals surface area contributed by atoms with Gasteiger partial charge in [0.25, 0.3) is 0 Å². The molecule has 0 unspecified atom stereocenters. The van der Waals surface area contributed by atoms with Gasteiger partial charge in [-0.05, 0) is 6.42 Å². The zero-order valence-corrected chi connectivity index (χ0v) is 6.31. The Balaban J connectivity index is 4.43. The minimum atomic E-state index is -1.10. The van der Waals surface area contributed by atoms with Gasteiger partial charge in [-0.1, -0.05) is 6.92 Å². The van der Waals surface area contributed by atoms with E-state index >= 15 is 0 Å². The van der Waals surface area contributed by atoms with Crippen LogP contribution in [0.15, 0.2) is 11.6 Å². The summed E-state index contributed by atoms with van der Waals surface area (Å²) in [6.07, 6.45) is 0.896. The minimum Gasteiger partial charge on any atom is -0.296 e. The minimum absolute atomic E-state index is 0.100. The summed E-state index contributed by atoms with van der Waals surface area (Å²) >= 11 is 0. The van der Waals surface area contributed by atoms with Gasteiger partial charge in [0.15, 0.2) is 0 Å². The Hall–Kier alpha value is -1.40. The largest absolute Gasteiger partial charge is 0.369 e. The second-order valence-electron chi connectivity index (χ2n) is 1.81. The van der Waals surface area contributed by atoms with E-state index in [9.17, 15) is 9.59 Å². The predicted octanol–water partition coefficient (Wildman–Crippen LogP) is 0.355. The molecule has 0 radical (unpaired) electrons. The van der Waals surface area contributed by atoms with Gasteiger partial charge in [-0.2, -0.15) is 10.5 Å². The quantitative estimate of drug-likeness (QED) is 0.366. The lowest BCUT2D eigenvalue weighted by Crippen LogP contribution is -2.07. The maximum Gasteiger partial charge on any atom is 0.369 e. The summed E-state index contributed by atoms with van der Waals surface area (Å²) < 4.78 is 0. The first-order chi connectivity index (χ1) is 5.65. The van der Waals surface area contributed by atoms with Crippen LogP contribution < -0.4 is 0 Å². The topological polar surface area (TPSA) is 93.1 Å². The van der Waals surface area contributed by atoms with E-state index in [-0.39, 0.29) is 12.0 Å². The van der Waals surface area contributed by atoms with E-state index < -0.39 is 11.9 Å². The van der Waals surface area contributed by atoms with Crippen molar-refractivity contribution in [3.05, 3.63) is 11.6 Å². The summed E-state index contributed by atoms with van der Waals surface area (Å²) in [5.41, 5.74) is -0.100. The Morgan fingerprint density at radius 1 is 1.33 bits per heavy atom. The molecule has 0 aliphatic rings. The van der Waals surface area contributed by atoms with Crippen LogP contribution in [0.5, 0.6) is 0 Å². The Morgan fingerprint density at radius 3 is 2.25 bits per heavy atom. The number of hydrogen-bond donors (Lipinski definition) is 2. The van der Waals surface area contributed by atoms with Gasteiger partial charge in [0.2, 0.25) is 0 Å². The Kier molecular flexibility index (Phi) is 4.66. The fourth-order valence-corrected chi connectivity index (χ4v) is 0.533. The molecule has 0 aliphatic carbocycles. The lowest BCUT2D eigenvalue weighted by Gasteiger charge is -1.97. The third-order valence-corrected chi connectivity index (χ3v) is 1.11. The van der Waals surface area contributed by atoms with Crippen LogP contribution in [-0.4, -0.2) is 22.5 Å². The van der Waals surface area contributed by atoms with E-state index in [1.165, 1.54) is 0 Å². The number of carbonyl (C=O) groups excluding carboxylic acids is 2. The van der Waals surface area contributed by atoms with Gasteiger partial charge in [-0.3, -0.25) is 9.78 Å². The first kappa shape index (κ1) is 10.6. The molecular weight excluding hydrogens is 168 g/mol. The Morgan fingerprint density at radius 2 is 1.92 bits per heavy atom. The first-order valence-corrected chi connectivity index (χ1v) is 3.07. The molecule has 0 saturated heterocycles. The molecule has 0 atom stereocenters. The fraction of sp³-hybridized carbons (Fsp3) is 0.333. The van der Waals surface area contributed by atoms with E-state index in [2.05, 4.69) is 9.78 Å². The molecule has 12 heavy (non-hydrogen) atoms. The van der Waals surface area contributed by atoms with Crippen molar-refractivity contribution in [3.8, 4) is 0 Å². The Labute approximate surface area is 67.9 Å². The summed E-state index contributed by atoms with van der Waals surface area (Å²) in [4.78, 5) is 27.6. The van der Waals surface area contributed by atoms with Crippen molar-refractivity contribution in [2.75, 3.05) is 0 Å². The second-order valence-corrected chi connectivity index (χ2v) is 1.81. The van der Waals surface area contributed by atoms with Crippen LogP contribution in [0.25, 0.3) is 0 Å². The van der Waals surface area contributed by atoms with E-state index in [1.807, 2.05) is 0 Å². The summed E-state index contributed by atoms with van der Waals surface area (Å²) in [5, 5.41) is 15.7. The molecule has 0 rings (SSSR count). The van der Waals surface area contributed by atoms with E-state index in [0.29, 0.717) is 0 Å². The van der Waals surface area contributed by atoms with Crippen LogP contribution in [0.3, 0.4) is 0 Å². The standard InChI is InChI=1S/C6H8O6/c1-2-4(6(8)12-10)3-5(7)11-9/h3,9-10H,2H2,1H3/b4-3-. The molecule has 0 bridgehead atoms. The van der Waals surface area contributed by atoms with Crippen LogP contribution in [0.4, 0.5) is 0 Å². The highest BCUT2D eigenvalue weighted by atomic mass is 17.1. The fourth-order valence-electron chi connectivity index (χ4n) is 0.533. The van der Waals surface area contributed by atoms with E-state index in [4.69, 9.17) is 10.5 Å². The van der Waals surface area contributed by atoms with Crippen molar-refractivity contribution >= 4 is 11.9 Å². The third kappa shape index (κ3) is 3.13. The summed E-state index contributed by atoms with van der Waals surface area (Å²) in [6, 6.07) is 0. The zero-order valence-electron chi connectivity index (χ0n) is 6.31. The van der Waals surface area contributed by atoms with Crippen LogP contribution in [0.2, 0.25) is 0 Å². The predicted molar refractivity (Wildman–Crippen MR) is 35.8 cm³/mol. The molecule has 0 saturated carbocycles. The molecule has 0 amide bonds. The van der Waals surface area contributed by atoms with Gasteiger partial charge < -0.3 is 0 Å². The highest BCUT2D eigenvalue weighted by molar-refractivity contribution is 5.95. The van der Waals surface area contributed by atoms with Gasteiger partial charge in [0.05, 0.1) is 0 Å². The summed E-state index contributed by atoms with van der Waals surface area (Å²) in [6.45, 7) is 1.56. The molecule has 0 fully saturated rings. The summed E-state index contributed by atoms with van der Waals surface area (Å²) in [7, 11) is 0. The van der Waals surface area contributed by atoms with Gasteiger partial charge >= 0.3 is 11.9 Å². The van der Waals surface area contributed by atoms with Crippen LogP contribution in [-0.2, 0) is 19.4 Å². The van der Waals surface area contributed by atoms with Crippen LogP contribution >= 0.6 is 0 Å². The van der Waals surface area contributed by atoms with Crippen molar-refractivity contribution in [1.82, 2.24) is 0 Å². The molecule has 0 aromatic carbocycles. The molecule has 6 nitrogen and oxygen atoms in total. The van der Waals surface area contributed by atoms with Crippen molar-refractivity contribution < 1.29 is 29.9 Å². The molecule has 68 valence electrons. The molecule has 0 aromatic rings. The second kappa shape index (κ2) is 5.28. The van der Waals surface area contributed by atoms with Gasteiger partial charge in [0.1, 0.15) is 0 Å². The monoisotopic (exact) mass is 176 g/mol. The van der Waals surface area contributed by atoms with Crippen LogP contribution in [0, 0.1) is 0 Å². The molecule has 2 N–H and O–H groups in total. The maximum absolute atomic E-state index is 10.6. The average molecular weight is 176 g/mol. The van der Waals surface area contributed by atoms with E-state index in [1.54, 1.807) is 6.92 Å². The highest BCUT2D eigenvalue weighted by Gasteiger charge is 2.11. The molecule has 0 spiro atoms.